The average molecular weight is 511 g/mol. The number of alkyl halides is 3. The van der Waals surface area contributed by atoms with Crippen LogP contribution in [0.1, 0.15) is 50.0 Å². The summed E-state index contributed by atoms with van der Waals surface area (Å²) in [6, 6.07) is 2.12. The van der Waals surface area contributed by atoms with Crippen molar-refractivity contribution >= 4 is 17.7 Å². The monoisotopic (exact) mass is 510 g/mol. The van der Waals surface area contributed by atoms with E-state index in [4.69, 9.17) is 9.47 Å². The lowest BCUT2D eigenvalue weighted by molar-refractivity contribution is -0.0502. The molecule has 1 aliphatic carbocycles. The number of halogens is 3. The van der Waals surface area contributed by atoms with Gasteiger partial charge in [-0.3, -0.25) is 9.79 Å². The Kier molecular flexibility index (Phi) is 10.2. The molecule has 1 aromatic carbocycles. The molecule has 1 fully saturated rings. The molecule has 1 saturated carbocycles. The van der Waals surface area contributed by atoms with Crippen molar-refractivity contribution in [2.24, 2.45) is 4.99 Å². The molecule has 0 aromatic heterocycles. The van der Waals surface area contributed by atoms with E-state index in [1.165, 1.54) is 25.5 Å². The van der Waals surface area contributed by atoms with E-state index >= 15 is 0 Å². The van der Waals surface area contributed by atoms with Gasteiger partial charge in [-0.25, -0.2) is 4.39 Å². The molecule has 1 aliphatic rings. The molecule has 2 N–H and O–H groups in total. The van der Waals surface area contributed by atoms with Crippen LogP contribution in [0.4, 0.5) is 13.2 Å². The number of ether oxygens (including phenoxy) is 3. The summed E-state index contributed by atoms with van der Waals surface area (Å²) in [6.07, 6.45) is 5.71. The Hall–Kier alpha value is -3.27. The number of benzene rings is 1. The van der Waals surface area contributed by atoms with E-state index in [1.54, 1.807) is 53.0 Å². The maximum atomic E-state index is 13.3. The molecule has 0 saturated heterocycles. The molecule has 0 radical (unpaired) electrons. The van der Waals surface area contributed by atoms with E-state index in [1.807, 2.05) is 0 Å². The summed E-state index contributed by atoms with van der Waals surface area (Å²) in [4.78, 5) is 16.8. The standard InChI is InChI=1S/C26H33F3N2O5/c1-7-17(36-26(3,4)14-32)9-8-15(2)18(13-30-5)16-10-21(34-6)23(22(11-16)35-25(28)29)24(33)31-20-12-19(20)27/h7-11,13,19-20,25,32H,12,14H2,1-6H3,(H,31,33)/b9-8-,17-7+,18-15-,30-13?. The highest BCUT2D eigenvalue weighted by Gasteiger charge is 2.40. The van der Waals surface area contributed by atoms with Crippen molar-refractivity contribution in [3.63, 3.8) is 0 Å². The number of aliphatic imine (C=N–C) groups is 1. The van der Waals surface area contributed by atoms with Crippen LogP contribution in [0.2, 0.25) is 0 Å². The first kappa shape index (κ1) is 29.0. The SMILES string of the molecule is C\C=C(/C=C\C(C)=C(\C=NC)c1cc(OC)c(C(=O)NC2CC2F)c(OC(F)F)c1)OC(C)(C)CO. The van der Waals surface area contributed by atoms with Gasteiger partial charge in [-0.15, -0.1) is 0 Å². The van der Waals surface area contributed by atoms with Crippen LogP contribution in [-0.4, -0.2) is 62.4 Å². The molecule has 7 nitrogen and oxygen atoms in total. The third-order valence-corrected chi connectivity index (χ3v) is 5.31. The van der Waals surface area contributed by atoms with Gasteiger partial charge in [-0.05, 0) is 63.1 Å². The number of carbonyl (C=O) groups is 1. The molecule has 0 bridgehead atoms. The second kappa shape index (κ2) is 12.6. The fourth-order valence-corrected chi connectivity index (χ4v) is 3.24. The lowest BCUT2D eigenvalue weighted by Crippen LogP contribution is -2.28. The van der Waals surface area contributed by atoms with Gasteiger partial charge in [-0.1, -0.05) is 6.08 Å². The van der Waals surface area contributed by atoms with Gasteiger partial charge in [0.1, 0.15) is 34.6 Å². The summed E-state index contributed by atoms with van der Waals surface area (Å²) in [5, 5.41) is 11.9. The predicted octanol–water partition coefficient (Wildman–Crippen LogP) is 4.86. The van der Waals surface area contributed by atoms with Crippen LogP contribution in [0.25, 0.3) is 5.57 Å². The fourth-order valence-electron chi connectivity index (χ4n) is 3.24. The van der Waals surface area contributed by atoms with E-state index in [9.17, 15) is 23.1 Å². The molecule has 0 heterocycles. The smallest absolute Gasteiger partial charge is 0.387 e. The minimum atomic E-state index is -3.20. The van der Waals surface area contributed by atoms with Crippen molar-refractivity contribution in [3.8, 4) is 11.5 Å². The van der Waals surface area contributed by atoms with Crippen molar-refractivity contribution in [2.45, 2.75) is 58.5 Å². The van der Waals surface area contributed by atoms with E-state index in [2.05, 4.69) is 15.0 Å². The zero-order valence-electron chi connectivity index (χ0n) is 21.3. The zero-order valence-corrected chi connectivity index (χ0v) is 21.3. The van der Waals surface area contributed by atoms with Crippen LogP contribution in [0.3, 0.4) is 0 Å². The highest BCUT2D eigenvalue weighted by molar-refractivity contribution is 6.12. The molecule has 2 atom stereocenters. The van der Waals surface area contributed by atoms with Gasteiger partial charge in [0.25, 0.3) is 5.91 Å². The molecule has 0 spiro atoms. The quantitative estimate of drug-likeness (QED) is 0.238. The van der Waals surface area contributed by atoms with E-state index in [0.29, 0.717) is 22.5 Å². The molecular weight excluding hydrogens is 477 g/mol. The lowest BCUT2D eigenvalue weighted by Gasteiger charge is -2.24. The molecule has 36 heavy (non-hydrogen) atoms. The topological polar surface area (TPSA) is 89.4 Å². The first-order valence-electron chi connectivity index (χ1n) is 11.4. The largest absolute Gasteiger partial charge is 0.496 e. The lowest BCUT2D eigenvalue weighted by atomic mass is 9.98. The van der Waals surface area contributed by atoms with Crippen molar-refractivity contribution < 1.29 is 37.3 Å². The average Bonchev–Trinajstić information content (AvgIpc) is 3.52. The number of carbonyl (C=O) groups excluding carboxylic acids is 1. The molecule has 2 rings (SSSR count). The Morgan fingerprint density at radius 2 is 1.94 bits per heavy atom. The molecule has 10 heteroatoms. The molecule has 1 aromatic rings. The third kappa shape index (κ3) is 7.87. The first-order valence-corrected chi connectivity index (χ1v) is 11.4. The Morgan fingerprint density at radius 3 is 2.44 bits per heavy atom. The minimum absolute atomic E-state index is 0.0161. The summed E-state index contributed by atoms with van der Waals surface area (Å²) < 4.78 is 55.6. The fraction of sp³-hybridized carbons (Fsp3) is 0.462. The van der Waals surface area contributed by atoms with Crippen LogP contribution >= 0.6 is 0 Å². The Bertz CT molecular complexity index is 1060. The number of aliphatic hydroxyl groups is 1. The number of aliphatic hydroxyl groups excluding tert-OH is 1. The number of nitrogens with one attached hydrogen (secondary N) is 1. The molecule has 0 aliphatic heterocycles. The molecule has 1 amide bonds. The van der Waals surface area contributed by atoms with E-state index in [-0.39, 0.29) is 24.3 Å². The van der Waals surface area contributed by atoms with Gasteiger partial charge < -0.3 is 24.6 Å². The van der Waals surface area contributed by atoms with E-state index in [0.717, 1.165) is 0 Å². The summed E-state index contributed by atoms with van der Waals surface area (Å²) in [5.41, 5.74) is 0.593. The van der Waals surface area contributed by atoms with E-state index < -0.39 is 36.1 Å². The number of hydrogen-bond acceptors (Lipinski definition) is 6. The van der Waals surface area contributed by atoms with Crippen molar-refractivity contribution in [1.29, 1.82) is 0 Å². The van der Waals surface area contributed by atoms with Gasteiger partial charge in [-0.2, -0.15) is 8.78 Å². The van der Waals surface area contributed by atoms with Gasteiger partial charge in [0.05, 0.1) is 19.8 Å². The second-order valence-electron chi connectivity index (χ2n) is 8.79. The highest BCUT2D eigenvalue weighted by atomic mass is 19.3. The molecule has 198 valence electrons. The normalized spacial score (nSPS) is 19.0. The zero-order chi connectivity index (χ0) is 27.0. The molecular formula is C26H33F3N2O5. The van der Waals surface area contributed by atoms with Crippen molar-refractivity contribution in [2.75, 3.05) is 20.8 Å². The third-order valence-electron chi connectivity index (χ3n) is 5.31. The van der Waals surface area contributed by atoms with Gasteiger partial charge in [0.15, 0.2) is 0 Å². The van der Waals surface area contributed by atoms with Crippen molar-refractivity contribution in [3.05, 3.63) is 52.8 Å². The Balaban J connectivity index is 2.55. The van der Waals surface area contributed by atoms with Crippen LogP contribution in [-0.2, 0) is 4.74 Å². The summed E-state index contributed by atoms with van der Waals surface area (Å²) in [5.74, 6) is -0.683. The Morgan fingerprint density at radius 1 is 1.31 bits per heavy atom. The van der Waals surface area contributed by atoms with Gasteiger partial charge >= 0.3 is 6.61 Å². The van der Waals surface area contributed by atoms with Crippen LogP contribution < -0.4 is 14.8 Å². The van der Waals surface area contributed by atoms with Crippen LogP contribution in [0, 0.1) is 0 Å². The number of hydrogen-bond donors (Lipinski definition) is 2. The first-order chi connectivity index (χ1) is 17.0. The highest BCUT2D eigenvalue weighted by Crippen LogP contribution is 2.36. The number of allylic oxidation sites excluding steroid dienone is 5. The number of amides is 1. The summed E-state index contributed by atoms with van der Waals surface area (Å²) in [6.45, 7) is 3.67. The maximum Gasteiger partial charge on any atom is 0.387 e. The second-order valence-corrected chi connectivity index (χ2v) is 8.79. The van der Waals surface area contributed by atoms with Crippen LogP contribution in [0.5, 0.6) is 11.5 Å². The minimum Gasteiger partial charge on any atom is -0.496 e. The number of rotatable bonds is 12. The van der Waals surface area contributed by atoms with Crippen LogP contribution in [0.15, 0.2) is 46.7 Å². The summed E-state index contributed by atoms with van der Waals surface area (Å²) >= 11 is 0. The van der Waals surface area contributed by atoms with Gasteiger partial charge in [0, 0.05) is 25.3 Å². The molecule has 2 unspecified atom stereocenters. The Labute approximate surface area is 209 Å². The van der Waals surface area contributed by atoms with Gasteiger partial charge in [0.2, 0.25) is 0 Å². The maximum absolute atomic E-state index is 13.3. The van der Waals surface area contributed by atoms with Crippen molar-refractivity contribution in [1.82, 2.24) is 5.32 Å². The number of methoxy groups -OCH3 is 1. The predicted molar refractivity (Wildman–Crippen MR) is 133 cm³/mol. The number of nitrogens with zero attached hydrogens (tertiary/aromatic N) is 1. The summed E-state index contributed by atoms with van der Waals surface area (Å²) in [7, 11) is 2.85.